The number of hydrogen-bond donors (Lipinski definition) is 3. The van der Waals surface area contributed by atoms with Crippen LogP contribution in [-0.2, 0) is 4.74 Å². The van der Waals surface area contributed by atoms with E-state index in [1.54, 1.807) is 0 Å². The van der Waals surface area contributed by atoms with Gasteiger partial charge in [0.15, 0.2) is 0 Å². The highest BCUT2D eigenvalue weighted by Gasteiger charge is 2.30. The molecule has 1 aliphatic heterocycles. The third-order valence-corrected chi connectivity index (χ3v) is 1.43. The van der Waals surface area contributed by atoms with Crippen LogP contribution >= 0.6 is 0 Å². The van der Waals surface area contributed by atoms with Crippen molar-refractivity contribution in [3.05, 3.63) is 0 Å². The van der Waals surface area contributed by atoms with Crippen molar-refractivity contribution in [1.82, 2.24) is 0 Å². The Bertz CT molecular complexity index is 98.2. The van der Waals surface area contributed by atoms with Gasteiger partial charge in [0, 0.05) is 6.42 Å². The van der Waals surface area contributed by atoms with Crippen molar-refractivity contribution in [2.75, 3.05) is 6.61 Å². The van der Waals surface area contributed by atoms with E-state index >= 15 is 0 Å². The first-order chi connectivity index (χ1) is 4.24. The van der Waals surface area contributed by atoms with Crippen molar-refractivity contribution in [1.29, 1.82) is 0 Å². The fraction of sp³-hybridized carbons (Fsp3) is 1.00. The summed E-state index contributed by atoms with van der Waals surface area (Å²) in [4.78, 5) is 0. The third-order valence-electron chi connectivity index (χ3n) is 1.43. The molecule has 0 aliphatic carbocycles. The molecule has 1 heterocycles. The minimum atomic E-state index is -0.593. The van der Waals surface area contributed by atoms with Crippen molar-refractivity contribution in [3.63, 3.8) is 0 Å². The highest BCUT2D eigenvalue weighted by Crippen LogP contribution is 2.15. The zero-order valence-electron chi connectivity index (χ0n) is 5.03. The van der Waals surface area contributed by atoms with E-state index in [1.807, 2.05) is 0 Å². The monoisotopic (exact) mass is 133 g/mol. The standard InChI is InChI=1S/C5H11NO3/c6-5-1-3(8)4(2-7)9-5/h3-5,7-8H,1-2,6H2/t3-,4+,5+/m0/s1. The van der Waals surface area contributed by atoms with Gasteiger partial charge in [-0.15, -0.1) is 0 Å². The average Bonchev–Trinajstić information content (AvgIpc) is 2.10. The van der Waals surface area contributed by atoms with Crippen molar-refractivity contribution >= 4 is 0 Å². The second-order valence-electron chi connectivity index (χ2n) is 2.20. The molecule has 4 nitrogen and oxygen atoms in total. The Kier molecular flexibility index (Phi) is 2.02. The molecule has 54 valence electrons. The molecule has 1 fully saturated rings. The van der Waals surface area contributed by atoms with Gasteiger partial charge in [0.1, 0.15) is 12.3 Å². The van der Waals surface area contributed by atoms with Crippen LogP contribution < -0.4 is 5.73 Å². The van der Waals surface area contributed by atoms with E-state index < -0.39 is 18.4 Å². The molecule has 1 rings (SSSR count). The number of rotatable bonds is 1. The maximum absolute atomic E-state index is 8.99. The van der Waals surface area contributed by atoms with Crippen LogP contribution in [0.3, 0.4) is 0 Å². The molecule has 1 aliphatic rings. The molecule has 0 aromatic heterocycles. The van der Waals surface area contributed by atoms with Crippen LogP contribution in [-0.4, -0.2) is 35.3 Å². The minimum Gasteiger partial charge on any atom is -0.394 e. The largest absolute Gasteiger partial charge is 0.394 e. The van der Waals surface area contributed by atoms with E-state index in [0.29, 0.717) is 6.42 Å². The Morgan fingerprint density at radius 2 is 2.33 bits per heavy atom. The molecule has 0 saturated carbocycles. The van der Waals surface area contributed by atoms with Crippen LogP contribution in [0.15, 0.2) is 0 Å². The van der Waals surface area contributed by atoms with Gasteiger partial charge >= 0.3 is 0 Å². The molecular weight excluding hydrogens is 122 g/mol. The third kappa shape index (κ3) is 1.40. The molecule has 0 spiro atoms. The zero-order valence-corrected chi connectivity index (χ0v) is 5.03. The zero-order chi connectivity index (χ0) is 6.85. The minimum absolute atomic E-state index is 0.158. The second kappa shape index (κ2) is 2.62. The first-order valence-corrected chi connectivity index (χ1v) is 2.94. The van der Waals surface area contributed by atoms with Gasteiger partial charge < -0.3 is 20.7 Å². The molecule has 1 saturated heterocycles. The van der Waals surface area contributed by atoms with E-state index in [9.17, 15) is 0 Å². The summed E-state index contributed by atoms with van der Waals surface area (Å²) in [5.41, 5.74) is 5.30. The first kappa shape index (κ1) is 6.95. The summed E-state index contributed by atoms with van der Waals surface area (Å²) in [7, 11) is 0. The lowest BCUT2D eigenvalue weighted by molar-refractivity contribution is -0.0200. The van der Waals surface area contributed by atoms with Crippen LogP contribution in [0.5, 0.6) is 0 Å². The summed E-state index contributed by atoms with van der Waals surface area (Å²) >= 11 is 0. The summed E-state index contributed by atoms with van der Waals surface area (Å²) in [5, 5.41) is 17.5. The summed E-state index contributed by atoms with van der Waals surface area (Å²) in [6, 6.07) is 0. The highest BCUT2D eigenvalue weighted by atomic mass is 16.5. The lowest BCUT2D eigenvalue weighted by Crippen LogP contribution is -2.25. The molecule has 4 heteroatoms. The number of hydrogen-bond acceptors (Lipinski definition) is 4. The summed E-state index contributed by atoms with van der Waals surface area (Å²) in [5.74, 6) is 0. The van der Waals surface area contributed by atoms with Crippen molar-refractivity contribution in [3.8, 4) is 0 Å². The van der Waals surface area contributed by atoms with Gasteiger partial charge in [-0.05, 0) is 0 Å². The number of aliphatic hydroxyl groups excluding tert-OH is 2. The summed E-state index contributed by atoms with van der Waals surface area (Å²) in [6.45, 7) is -0.158. The Balaban J connectivity index is 2.38. The fourth-order valence-electron chi connectivity index (χ4n) is 0.925. The fourth-order valence-corrected chi connectivity index (χ4v) is 0.925. The number of aliphatic hydroxyl groups is 2. The molecule has 0 amide bonds. The molecule has 0 unspecified atom stereocenters. The highest BCUT2D eigenvalue weighted by molar-refractivity contribution is 4.77. The second-order valence-corrected chi connectivity index (χ2v) is 2.20. The van der Waals surface area contributed by atoms with Crippen LogP contribution in [0.4, 0.5) is 0 Å². The van der Waals surface area contributed by atoms with Crippen molar-refractivity contribution in [2.45, 2.75) is 24.9 Å². The predicted octanol–water partition coefficient (Wildman–Crippen LogP) is -1.59. The van der Waals surface area contributed by atoms with Crippen LogP contribution in [0.2, 0.25) is 0 Å². The summed E-state index contributed by atoms with van der Waals surface area (Å²) in [6.07, 6.45) is -1.05. The normalized spacial score (nSPS) is 43.7. The Labute approximate surface area is 53.2 Å². The van der Waals surface area contributed by atoms with Crippen LogP contribution in [0, 0.1) is 0 Å². The van der Waals surface area contributed by atoms with E-state index in [4.69, 9.17) is 20.7 Å². The van der Waals surface area contributed by atoms with Gasteiger partial charge in [0.2, 0.25) is 0 Å². The van der Waals surface area contributed by atoms with Gasteiger partial charge in [0.05, 0.1) is 12.7 Å². The number of nitrogens with two attached hydrogens (primary N) is 1. The molecule has 3 atom stereocenters. The molecule has 0 aromatic rings. The van der Waals surface area contributed by atoms with Gasteiger partial charge in [0.25, 0.3) is 0 Å². The van der Waals surface area contributed by atoms with E-state index in [-0.39, 0.29) is 6.61 Å². The Morgan fingerprint density at radius 1 is 1.67 bits per heavy atom. The summed E-state index contributed by atoms with van der Waals surface area (Å²) < 4.78 is 4.90. The SMILES string of the molecule is N[C@H]1C[C@H](O)[C@@H](CO)O1. The quantitative estimate of drug-likeness (QED) is 0.403. The molecule has 0 bridgehead atoms. The van der Waals surface area contributed by atoms with Gasteiger partial charge in [-0.2, -0.15) is 0 Å². The van der Waals surface area contributed by atoms with Crippen LogP contribution in [0.25, 0.3) is 0 Å². The van der Waals surface area contributed by atoms with Gasteiger partial charge in [-0.25, -0.2) is 0 Å². The lowest BCUT2D eigenvalue weighted by Gasteiger charge is -2.08. The van der Waals surface area contributed by atoms with E-state index in [0.717, 1.165) is 0 Å². The Morgan fingerprint density at radius 3 is 2.56 bits per heavy atom. The molecular formula is C5H11NO3. The molecule has 9 heavy (non-hydrogen) atoms. The topological polar surface area (TPSA) is 75.7 Å². The van der Waals surface area contributed by atoms with E-state index in [2.05, 4.69) is 0 Å². The average molecular weight is 133 g/mol. The molecule has 4 N–H and O–H groups in total. The van der Waals surface area contributed by atoms with Crippen molar-refractivity contribution in [2.24, 2.45) is 5.73 Å². The Hall–Kier alpha value is -0.160. The first-order valence-electron chi connectivity index (χ1n) is 2.94. The maximum Gasteiger partial charge on any atom is 0.109 e. The molecule has 0 radical (unpaired) electrons. The number of ether oxygens (including phenoxy) is 1. The van der Waals surface area contributed by atoms with E-state index in [1.165, 1.54) is 0 Å². The predicted molar refractivity (Wildman–Crippen MR) is 30.6 cm³/mol. The van der Waals surface area contributed by atoms with Gasteiger partial charge in [-0.1, -0.05) is 0 Å². The lowest BCUT2D eigenvalue weighted by atomic mass is 10.2. The maximum atomic E-state index is 8.99. The van der Waals surface area contributed by atoms with Crippen molar-refractivity contribution < 1.29 is 14.9 Å². The molecule has 0 aromatic carbocycles. The smallest absolute Gasteiger partial charge is 0.109 e. The van der Waals surface area contributed by atoms with Gasteiger partial charge in [-0.3, -0.25) is 0 Å². The van der Waals surface area contributed by atoms with Crippen LogP contribution in [0.1, 0.15) is 6.42 Å².